The summed E-state index contributed by atoms with van der Waals surface area (Å²) in [6.07, 6.45) is 1.03. The molecule has 1 aliphatic rings. The van der Waals surface area contributed by atoms with Gasteiger partial charge in [-0.1, -0.05) is 60.2 Å². The number of benzene rings is 2. The summed E-state index contributed by atoms with van der Waals surface area (Å²) in [6, 6.07) is 20.1. The van der Waals surface area contributed by atoms with E-state index in [1.807, 2.05) is 0 Å². The van der Waals surface area contributed by atoms with Crippen molar-refractivity contribution in [1.82, 2.24) is 10.2 Å². The zero-order valence-electron chi connectivity index (χ0n) is 14.0. The standard InChI is InChI=1S/C21H26N2/c1-17(2)16-21(23-14-12-22-13-15-23)20-10-8-19(9-11-20)18-6-4-3-5-7-18/h3-11,21-22H,1,12-16H2,2H3/t21-/m1/s1. The Hall–Kier alpha value is -1.90. The van der Waals surface area contributed by atoms with Gasteiger partial charge in [0, 0.05) is 32.2 Å². The van der Waals surface area contributed by atoms with Crippen LogP contribution in [0.2, 0.25) is 0 Å². The molecule has 1 fully saturated rings. The first-order chi connectivity index (χ1) is 11.2. The van der Waals surface area contributed by atoms with Gasteiger partial charge in [-0.3, -0.25) is 4.90 Å². The van der Waals surface area contributed by atoms with E-state index in [0.717, 1.165) is 32.6 Å². The lowest BCUT2D eigenvalue weighted by atomic mass is 9.95. The first-order valence-electron chi connectivity index (χ1n) is 8.48. The third kappa shape index (κ3) is 4.10. The molecule has 0 bridgehead atoms. The lowest BCUT2D eigenvalue weighted by molar-refractivity contribution is 0.172. The molecule has 1 aliphatic heterocycles. The minimum atomic E-state index is 0.444. The zero-order valence-corrected chi connectivity index (χ0v) is 14.0. The molecule has 0 aliphatic carbocycles. The Bertz CT molecular complexity index is 625. The molecule has 1 heterocycles. The summed E-state index contributed by atoms with van der Waals surface area (Å²) in [6.45, 7) is 10.6. The van der Waals surface area contributed by atoms with Gasteiger partial charge in [0.2, 0.25) is 0 Å². The predicted molar refractivity (Wildman–Crippen MR) is 98.5 cm³/mol. The molecule has 120 valence electrons. The number of nitrogens with zero attached hydrogens (tertiary/aromatic N) is 1. The van der Waals surface area contributed by atoms with Crippen LogP contribution in [0.15, 0.2) is 66.7 Å². The quantitative estimate of drug-likeness (QED) is 0.830. The highest BCUT2D eigenvalue weighted by atomic mass is 15.2. The van der Waals surface area contributed by atoms with E-state index >= 15 is 0 Å². The van der Waals surface area contributed by atoms with Crippen molar-refractivity contribution in [2.75, 3.05) is 26.2 Å². The number of nitrogens with one attached hydrogen (secondary N) is 1. The first kappa shape index (κ1) is 16.0. The van der Waals surface area contributed by atoms with Gasteiger partial charge in [-0.2, -0.15) is 0 Å². The minimum absolute atomic E-state index is 0.444. The van der Waals surface area contributed by atoms with Gasteiger partial charge in [-0.25, -0.2) is 0 Å². The van der Waals surface area contributed by atoms with Crippen molar-refractivity contribution in [2.24, 2.45) is 0 Å². The molecular weight excluding hydrogens is 280 g/mol. The number of piperazine rings is 1. The fraction of sp³-hybridized carbons (Fsp3) is 0.333. The van der Waals surface area contributed by atoms with Crippen molar-refractivity contribution >= 4 is 0 Å². The summed E-state index contributed by atoms with van der Waals surface area (Å²) in [5.74, 6) is 0. The molecule has 2 aromatic carbocycles. The maximum absolute atomic E-state index is 4.14. The van der Waals surface area contributed by atoms with Gasteiger partial charge in [-0.15, -0.1) is 6.58 Å². The van der Waals surface area contributed by atoms with E-state index in [4.69, 9.17) is 0 Å². The average molecular weight is 306 g/mol. The monoisotopic (exact) mass is 306 g/mol. The minimum Gasteiger partial charge on any atom is -0.314 e. The van der Waals surface area contributed by atoms with Crippen molar-refractivity contribution < 1.29 is 0 Å². The molecule has 0 unspecified atom stereocenters. The molecule has 23 heavy (non-hydrogen) atoms. The highest BCUT2D eigenvalue weighted by molar-refractivity contribution is 5.63. The largest absolute Gasteiger partial charge is 0.314 e. The summed E-state index contributed by atoms with van der Waals surface area (Å²) in [5, 5.41) is 3.44. The van der Waals surface area contributed by atoms with Crippen molar-refractivity contribution in [1.29, 1.82) is 0 Å². The van der Waals surface area contributed by atoms with Crippen LogP contribution >= 0.6 is 0 Å². The number of hydrogen-bond donors (Lipinski definition) is 1. The third-order valence-corrected chi connectivity index (χ3v) is 4.54. The van der Waals surface area contributed by atoms with Crippen LogP contribution in [-0.4, -0.2) is 31.1 Å². The summed E-state index contributed by atoms with van der Waals surface area (Å²) in [7, 11) is 0. The van der Waals surface area contributed by atoms with Crippen LogP contribution in [0, 0.1) is 0 Å². The van der Waals surface area contributed by atoms with Crippen molar-refractivity contribution in [3.05, 3.63) is 72.3 Å². The van der Waals surface area contributed by atoms with Crippen LogP contribution in [0.25, 0.3) is 11.1 Å². The topological polar surface area (TPSA) is 15.3 Å². The Kier molecular flexibility index (Phi) is 5.27. The van der Waals surface area contributed by atoms with Gasteiger partial charge < -0.3 is 5.32 Å². The Morgan fingerprint density at radius 2 is 1.61 bits per heavy atom. The van der Waals surface area contributed by atoms with E-state index in [1.54, 1.807) is 0 Å². The first-order valence-corrected chi connectivity index (χ1v) is 8.48. The van der Waals surface area contributed by atoms with Crippen LogP contribution in [0.1, 0.15) is 24.9 Å². The Labute approximate surface area is 139 Å². The van der Waals surface area contributed by atoms with Crippen molar-refractivity contribution in [3.63, 3.8) is 0 Å². The molecule has 0 radical (unpaired) electrons. The molecule has 0 saturated carbocycles. The summed E-state index contributed by atoms with van der Waals surface area (Å²) >= 11 is 0. The smallest absolute Gasteiger partial charge is 0.0386 e. The van der Waals surface area contributed by atoms with Gasteiger partial charge in [0.15, 0.2) is 0 Å². The SMILES string of the molecule is C=C(C)C[C@H](c1ccc(-c2ccccc2)cc1)N1CCNCC1. The molecule has 3 rings (SSSR count). The van der Waals surface area contributed by atoms with Crippen LogP contribution in [0.3, 0.4) is 0 Å². The lowest BCUT2D eigenvalue weighted by Gasteiger charge is -2.35. The second kappa shape index (κ2) is 7.58. The van der Waals surface area contributed by atoms with Crippen LogP contribution in [-0.2, 0) is 0 Å². The normalized spacial score (nSPS) is 16.9. The van der Waals surface area contributed by atoms with Gasteiger partial charge >= 0.3 is 0 Å². The van der Waals surface area contributed by atoms with Crippen molar-refractivity contribution in [2.45, 2.75) is 19.4 Å². The summed E-state index contributed by atoms with van der Waals surface area (Å²) in [5.41, 5.74) is 5.21. The molecule has 2 nitrogen and oxygen atoms in total. The van der Waals surface area contributed by atoms with E-state index in [0.29, 0.717) is 6.04 Å². The molecule has 1 N–H and O–H groups in total. The molecule has 1 saturated heterocycles. The molecular formula is C21H26N2. The van der Waals surface area contributed by atoms with E-state index in [2.05, 4.69) is 78.3 Å². The number of hydrogen-bond acceptors (Lipinski definition) is 2. The Morgan fingerprint density at radius 1 is 1.00 bits per heavy atom. The molecule has 0 spiro atoms. The molecule has 0 aromatic heterocycles. The molecule has 0 amide bonds. The highest BCUT2D eigenvalue weighted by Crippen LogP contribution is 2.29. The van der Waals surface area contributed by atoms with Gasteiger partial charge in [0.05, 0.1) is 0 Å². The Balaban J connectivity index is 1.82. The van der Waals surface area contributed by atoms with E-state index < -0.39 is 0 Å². The lowest BCUT2D eigenvalue weighted by Crippen LogP contribution is -2.45. The van der Waals surface area contributed by atoms with Crippen LogP contribution in [0.4, 0.5) is 0 Å². The second-order valence-electron chi connectivity index (χ2n) is 6.45. The van der Waals surface area contributed by atoms with Crippen LogP contribution < -0.4 is 5.32 Å². The fourth-order valence-corrected chi connectivity index (χ4v) is 3.31. The van der Waals surface area contributed by atoms with E-state index in [1.165, 1.54) is 22.3 Å². The maximum atomic E-state index is 4.14. The number of rotatable bonds is 5. The highest BCUT2D eigenvalue weighted by Gasteiger charge is 2.22. The third-order valence-electron chi connectivity index (χ3n) is 4.54. The van der Waals surface area contributed by atoms with E-state index in [-0.39, 0.29) is 0 Å². The Morgan fingerprint density at radius 3 is 2.22 bits per heavy atom. The maximum Gasteiger partial charge on any atom is 0.0386 e. The zero-order chi connectivity index (χ0) is 16.1. The van der Waals surface area contributed by atoms with Crippen molar-refractivity contribution in [3.8, 4) is 11.1 Å². The van der Waals surface area contributed by atoms with E-state index in [9.17, 15) is 0 Å². The predicted octanol–water partition coefficient (Wildman–Crippen LogP) is 4.27. The molecule has 2 aromatic rings. The summed E-state index contributed by atoms with van der Waals surface area (Å²) in [4.78, 5) is 2.59. The fourth-order valence-electron chi connectivity index (χ4n) is 3.31. The van der Waals surface area contributed by atoms with Gasteiger partial charge in [0.1, 0.15) is 0 Å². The van der Waals surface area contributed by atoms with Gasteiger partial charge in [-0.05, 0) is 30.0 Å². The summed E-state index contributed by atoms with van der Waals surface area (Å²) < 4.78 is 0. The molecule has 2 heteroatoms. The molecule has 1 atom stereocenters. The average Bonchev–Trinajstić information content (AvgIpc) is 2.61. The van der Waals surface area contributed by atoms with Crippen LogP contribution in [0.5, 0.6) is 0 Å². The second-order valence-corrected chi connectivity index (χ2v) is 6.45. The van der Waals surface area contributed by atoms with Gasteiger partial charge in [0.25, 0.3) is 0 Å².